The van der Waals surface area contributed by atoms with Gasteiger partial charge >= 0.3 is 6.36 Å². The maximum absolute atomic E-state index is 12.0. The highest BCUT2D eigenvalue weighted by atomic mass is 35.5. The number of benzene rings is 1. The number of alkyl halides is 4. The summed E-state index contributed by atoms with van der Waals surface area (Å²) < 4.78 is 39.6. The molecule has 1 atom stereocenters. The zero-order valence-corrected chi connectivity index (χ0v) is 10.9. The van der Waals surface area contributed by atoms with Crippen LogP contribution >= 0.6 is 11.6 Å². The molecule has 0 radical (unpaired) electrons. The van der Waals surface area contributed by atoms with Gasteiger partial charge in [0, 0.05) is 6.54 Å². The molecule has 1 aromatic carbocycles. The molecule has 0 aliphatic heterocycles. The molecule has 0 bridgehead atoms. The standard InChI is InChI=1S/C12H13ClF3NO2/c1-2-7-17-11(18)10(13)8-3-5-9(6-4-8)19-12(14,15)16/h3-6,10H,2,7H2,1H3,(H,17,18). The second-order valence-corrected chi connectivity index (χ2v) is 4.21. The summed E-state index contributed by atoms with van der Waals surface area (Å²) >= 11 is 5.90. The Morgan fingerprint density at radius 3 is 2.42 bits per heavy atom. The van der Waals surface area contributed by atoms with Crippen molar-refractivity contribution in [1.82, 2.24) is 5.32 Å². The molecule has 1 N–H and O–H groups in total. The van der Waals surface area contributed by atoms with E-state index in [1.54, 1.807) is 0 Å². The van der Waals surface area contributed by atoms with Crippen LogP contribution in [0.3, 0.4) is 0 Å². The number of carbonyl (C=O) groups excluding carboxylic acids is 1. The first kappa shape index (κ1) is 15.6. The van der Waals surface area contributed by atoms with Crippen molar-refractivity contribution in [3.05, 3.63) is 29.8 Å². The fraction of sp³-hybridized carbons (Fsp3) is 0.417. The molecule has 0 aliphatic carbocycles. The Balaban J connectivity index is 2.67. The third-order valence-electron chi connectivity index (χ3n) is 2.19. The molecule has 1 unspecified atom stereocenters. The van der Waals surface area contributed by atoms with E-state index in [9.17, 15) is 18.0 Å². The molecule has 0 aliphatic rings. The number of nitrogens with one attached hydrogen (secondary N) is 1. The van der Waals surface area contributed by atoms with Gasteiger partial charge in [-0.25, -0.2) is 0 Å². The number of carbonyl (C=O) groups is 1. The summed E-state index contributed by atoms with van der Waals surface area (Å²) in [6, 6.07) is 4.88. The van der Waals surface area contributed by atoms with Gasteiger partial charge in [0.05, 0.1) is 0 Å². The number of halogens is 4. The first-order valence-electron chi connectivity index (χ1n) is 5.61. The smallest absolute Gasteiger partial charge is 0.406 e. The number of ether oxygens (including phenoxy) is 1. The maximum Gasteiger partial charge on any atom is 0.573 e. The normalized spacial score (nSPS) is 12.9. The number of hydrogen-bond acceptors (Lipinski definition) is 2. The van der Waals surface area contributed by atoms with Crippen molar-refractivity contribution >= 4 is 17.5 Å². The van der Waals surface area contributed by atoms with Crippen molar-refractivity contribution in [2.75, 3.05) is 6.54 Å². The van der Waals surface area contributed by atoms with Gasteiger partial charge < -0.3 is 10.1 Å². The second-order valence-electron chi connectivity index (χ2n) is 3.77. The van der Waals surface area contributed by atoms with E-state index in [1.165, 1.54) is 12.1 Å². The van der Waals surface area contributed by atoms with E-state index in [2.05, 4.69) is 10.1 Å². The highest BCUT2D eigenvalue weighted by molar-refractivity contribution is 6.30. The molecule has 0 saturated heterocycles. The monoisotopic (exact) mass is 295 g/mol. The third kappa shape index (κ3) is 5.38. The molecule has 3 nitrogen and oxygen atoms in total. The average Bonchev–Trinajstić information content (AvgIpc) is 2.34. The van der Waals surface area contributed by atoms with Gasteiger partial charge in [-0.05, 0) is 24.1 Å². The molecule has 0 saturated carbocycles. The Morgan fingerprint density at radius 2 is 1.95 bits per heavy atom. The van der Waals surface area contributed by atoms with E-state index in [1.807, 2.05) is 6.92 Å². The Hall–Kier alpha value is -1.43. The lowest BCUT2D eigenvalue weighted by Crippen LogP contribution is -2.27. The summed E-state index contributed by atoms with van der Waals surface area (Å²) in [5, 5.41) is 1.66. The molecule has 19 heavy (non-hydrogen) atoms. The molecule has 0 heterocycles. The molecule has 1 amide bonds. The summed E-state index contributed by atoms with van der Waals surface area (Å²) in [4.78, 5) is 11.6. The molecule has 0 aromatic heterocycles. The van der Waals surface area contributed by atoms with Crippen LogP contribution in [0.1, 0.15) is 24.3 Å². The van der Waals surface area contributed by atoms with Crippen molar-refractivity contribution in [3.63, 3.8) is 0 Å². The predicted molar refractivity (Wildman–Crippen MR) is 65.0 cm³/mol. The van der Waals surface area contributed by atoms with Crippen LogP contribution in [0, 0.1) is 0 Å². The lowest BCUT2D eigenvalue weighted by atomic mass is 10.1. The highest BCUT2D eigenvalue weighted by Gasteiger charge is 2.31. The molecular formula is C12H13ClF3NO2. The largest absolute Gasteiger partial charge is 0.573 e. The Bertz CT molecular complexity index is 420. The van der Waals surface area contributed by atoms with Crippen LogP contribution in [0.2, 0.25) is 0 Å². The van der Waals surface area contributed by atoms with E-state index in [0.717, 1.165) is 18.6 Å². The number of rotatable bonds is 5. The summed E-state index contributed by atoms with van der Waals surface area (Å²) in [5.41, 5.74) is 0.407. The van der Waals surface area contributed by atoms with Crippen molar-refractivity contribution < 1.29 is 22.7 Å². The fourth-order valence-electron chi connectivity index (χ4n) is 1.33. The second kappa shape index (κ2) is 6.65. The van der Waals surface area contributed by atoms with Gasteiger partial charge in [0.2, 0.25) is 5.91 Å². The quantitative estimate of drug-likeness (QED) is 0.846. The van der Waals surface area contributed by atoms with Crippen LogP contribution in [0.4, 0.5) is 13.2 Å². The lowest BCUT2D eigenvalue weighted by molar-refractivity contribution is -0.274. The molecule has 1 aromatic rings. The summed E-state index contributed by atoms with van der Waals surface area (Å²) in [6.45, 7) is 2.39. The number of hydrogen-bond donors (Lipinski definition) is 1. The van der Waals surface area contributed by atoms with E-state index in [4.69, 9.17) is 11.6 Å². The van der Waals surface area contributed by atoms with Crippen LogP contribution in [0.25, 0.3) is 0 Å². The molecule has 1 rings (SSSR count). The van der Waals surface area contributed by atoms with Gasteiger partial charge in [-0.2, -0.15) is 0 Å². The van der Waals surface area contributed by atoms with E-state index in [-0.39, 0.29) is 11.7 Å². The first-order chi connectivity index (χ1) is 8.83. The van der Waals surface area contributed by atoms with Crippen molar-refractivity contribution in [2.24, 2.45) is 0 Å². The topological polar surface area (TPSA) is 38.3 Å². The third-order valence-corrected chi connectivity index (χ3v) is 2.64. The van der Waals surface area contributed by atoms with E-state index < -0.39 is 11.7 Å². The zero-order valence-electron chi connectivity index (χ0n) is 10.1. The van der Waals surface area contributed by atoms with Gasteiger partial charge in [-0.1, -0.05) is 19.1 Å². The fourth-order valence-corrected chi connectivity index (χ4v) is 1.55. The van der Waals surface area contributed by atoms with Crippen LogP contribution in [-0.2, 0) is 4.79 Å². The van der Waals surface area contributed by atoms with Gasteiger partial charge in [0.1, 0.15) is 11.1 Å². The van der Waals surface area contributed by atoms with Gasteiger partial charge in [-0.15, -0.1) is 24.8 Å². The lowest BCUT2D eigenvalue weighted by Gasteiger charge is -2.12. The van der Waals surface area contributed by atoms with Crippen LogP contribution in [-0.4, -0.2) is 18.8 Å². The first-order valence-corrected chi connectivity index (χ1v) is 6.04. The highest BCUT2D eigenvalue weighted by Crippen LogP contribution is 2.26. The minimum Gasteiger partial charge on any atom is -0.406 e. The minimum absolute atomic E-state index is 0.353. The number of amides is 1. The van der Waals surface area contributed by atoms with Crippen molar-refractivity contribution in [3.8, 4) is 5.75 Å². The maximum atomic E-state index is 12.0. The average molecular weight is 296 g/mol. The van der Waals surface area contributed by atoms with Gasteiger partial charge in [-0.3, -0.25) is 4.79 Å². The van der Waals surface area contributed by atoms with Crippen molar-refractivity contribution in [2.45, 2.75) is 25.1 Å². The molecular weight excluding hydrogens is 283 g/mol. The molecule has 106 valence electrons. The minimum atomic E-state index is -4.74. The molecule has 0 fully saturated rings. The van der Waals surface area contributed by atoms with E-state index >= 15 is 0 Å². The van der Waals surface area contributed by atoms with Crippen LogP contribution < -0.4 is 10.1 Å². The zero-order chi connectivity index (χ0) is 14.5. The molecule has 7 heteroatoms. The Kier molecular flexibility index (Phi) is 5.47. The Labute approximate surface area is 113 Å². The van der Waals surface area contributed by atoms with Gasteiger partial charge in [0.15, 0.2) is 0 Å². The molecule has 0 spiro atoms. The van der Waals surface area contributed by atoms with Crippen LogP contribution in [0.5, 0.6) is 5.75 Å². The Morgan fingerprint density at radius 1 is 1.37 bits per heavy atom. The van der Waals surface area contributed by atoms with E-state index in [0.29, 0.717) is 12.1 Å². The summed E-state index contributed by atoms with van der Waals surface area (Å²) in [7, 11) is 0. The summed E-state index contributed by atoms with van der Waals surface area (Å²) in [5.74, 6) is -0.734. The van der Waals surface area contributed by atoms with Gasteiger partial charge in [0.25, 0.3) is 0 Å². The predicted octanol–water partition coefficient (Wildman–Crippen LogP) is 3.39. The SMILES string of the molecule is CCCNC(=O)C(Cl)c1ccc(OC(F)(F)F)cc1. The van der Waals surface area contributed by atoms with Crippen LogP contribution in [0.15, 0.2) is 24.3 Å². The summed E-state index contributed by atoms with van der Waals surface area (Å²) in [6.07, 6.45) is -3.96. The van der Waals surface area contributed by atoms with Crippen molar-refractivity contribution in [1.29, 1.82) is 0 Å².